The van der Waals surface area contributed by atoms with Crippen LogP contribution in [0.5, 0.6) is 0 Å². The van der Waals surface area contributed by atoms with Crippen LogP contribution >= 0.6 is 34.7 Å². The molecule has 84 valence electrons. The molecule has 2 aromatic rings. The Morgan fingerprint density at radius 3 is 3.06 bits per heavy atom. The lowest BCUT2D eigenvalue weighted by Crippen LogP contribution is -2.02. The third-order valence-corrected chi connectivity index (χ3v) is 3.92. The molecule has 0 aromatic carbocycles. The van der Waals surface area contributed by atoms with Crippen LogP contribution in [-0.2, 0) is 0 Å². The fourth-order valence-corrected chi connectivity index (χ4v) is 2.73. The summed E-state index contributed by atoms with van der Waals surface area (Å²) in [5.41, 5.74) is 0. The maximum atomic E-state index is 6.02. The Hall–Kier alpha value is -0.850. The number of aromatic nitrogens is 3. The highest BCUT2D eigenvalue weighted by atomic mass is 35.5. The molecular weight excluding hydrogens is 264 g/mol. The average molecular weight is 273 g/mol. The summed E-state index contributed by atoms with van der Waals surface area (Å²) in [6.07, 6.45) is 3.36. The van der Waals surface area contributed by atoms with Crippen molar-refractivity contribution in [1.29, 1.82) is 0 Å². The highest BCUT2D eigenvalue weighted by Gasteiger charge is 2.08. The number of nitrogens with zero attached hydrogens (tertiary/aromatic N) is 3. The molecule has 1 N–H and O–H groups in total. The van der Waals surface area contributed by atoms with Gasteiger partial charge in [-0.3, -0.25) is 0 Å². The normalized spacial score (nSPS) is 10.4. The van der Waals surface area contributed by atoms with Crippen LogP contribution in [0, 0.1) is 0 Å². The molecule has 2 aromatic heterocycles. The van der Waals surface area contributed by atoms with Gasteiger partial charge in [0.2, 0.25) is 5.95 Å². The molecule has 0 aliphatic heterocycles. The molecule has 2 rings (SSSR count). The molecule has 0 bridgehead atoms. The fourth-order valence-electron chi connectivity index (χ4n) is 1.01. The first-order valence-electron chi connectivity index (χ1n) is 4.63. The first-order valence-corrected chi connectivity index (χ1v) is 6.70. The smallest absolute Gasteiger partial charge is 0.223 e. The zero-order valence-electron chi connectivity index (χ0n) is 8.48. The van der Waals surface area contributed by atoms with Gasteiger partial charge in [-0.05, 0) is 18.7 Å². The minimum Gasteiger partial charge on any atom is -0.354 e. The maximum Gasteiger partial charge on any atom is 0.223 e. The number of nitrogens with one attached hydrogen (secondary N) is 1. The summed E-state index contributed by atoms with van der Waals surface area (Å²) in [5, 5.41) is 6.23. The molecule has 0 saturated heterocycles. The first kappa shape index (κ1) is 11.6. The van der Waals surface area contributed by atoms with E-state index in [-0.39, 0.29) is 0 Å². The van der Waals surface area contributed by atoms with Crippen molar-refractivity contribution in [3.63, 3.8) is 0 Å². The van der Waals surface area contributed by atoms with Gasteiger partial charge in [0.05, 0.1) is 11.2 Å². The van der Waals surface area contributed by atoms with Gasteiger partial charge in [-0.15, -0.1) is 11.3 Å². The van der Waals surface area contributed by atoms with Crippen LogP contribution in [-0.4, -0.2) is 21.5 Å². The number of hydrogen-bond acceptors (Lipinski definition) is 6. The summed E-state index contributed by atoms with van der Waals surface area (Å²) >= 11 is 9.02. The molecule has 7 heteroatoms. The van der Waals surface area contributed by atoms with E-state index in [9.17, 15) is 0 Å². The van der Waals surface area contributed by atoms with Crippen molar-refractivity contribution in [1.82, 2.24) is 15.0 Å². The average Bonchev–Trinajstić information content (AvgIpc) is 2.76. The Bertz CT molecular complexity index is 461. The van der Waals surface area contributed by atoms with Crippen LogP contribution in [0.3, 0.4) is 0 Å². The molecule has 0 saturated carbocycles. The highest BCUT2D eigenvalue weighted by molar-refractivity contribution is 8.01. The van der Waals surface area contributed by atoms with E-state index in [0.29, 0.717) is 11.0 Å². The molecular formula is C9H9ClN4S2. The van der Waals surface area contributed by atoms with Crippen molar-refractivity contribution in [3.8, 4) is 0 Å². The van der Waals surface area contributed by atoms with Crippen molar-refractivity contribution in [2.45, 2.75) is 16.3 Å². The molecule has 2 heterocycles. The molecule has 16 heavy (non-hydrogen) atoms. The van der Waals surface area contributed by atoms with Gasteiger partial charge in [0.1, 0.15) is 5.03 Å². The van der Waals surface area contributed by atoms with Crippen LogP contribution in [0.2, 0.25) is 5.02 Å². The zero-order valence-corrected chi connectivity index (χ0v) is 10.9. The van der Waals surface area contributed by atoms with Crippen molar-refractivity contribution < 1.29 is 0 Å². The first-order chi connectivity index (χ1) is 7.79. The lowest BCUT2D eigenvalue weighted by atomic mass is 10.6. The molecule has 0 amide bonds. The van der Waals surface area contributed by atoms with E-state index in [0.717, 1.165) is 15.9 Å². The Morgan fingerprint density at radius 1 is 1.50 bits per heavy atom. The van der Waals surface area contributed by atoms with Gasteiger partial charge < -0.3 is 5.32 Å². The second-order valence-corrected chi connectivity index (χ2v) is 5.31. The van der Waals surface area contributed by atoms with Gasteiger partial charge in [-0.25, -0.2) is 15.0 Å². The van der Waals surface area contributed by atoms with Gasteiger partial charge in [0, 0.05) is 18.1 Å². The molecule has 0 aliphatic rings. The summed E-state index contributed by atoms with van der Waals surface area (Å²) in [5.74, 6) is 0.589. The summed E-state index contributed by atoms with van der Waals surface area (Å²) in [7, 11) is 0. The predicted molar refractivity (Wildman–Crippen MR) is 67.4 cm³/mol. The number of rotatable bonds is 4. The summed E-state index contributed by atoms with van der Waals surface area (Å²) < 4.78 is 0.919. The van der Waals surface area contributed by atoms with Crippen LogP contribution in [0.1, 0.15) is 6.92 Å². The maximum absolute atomic E-state index is 6.02. The van der Waals surface area contributed by atoms with Gasteiger partial charge >= 0.3 is 0 Å². The van der Waals surface area contributed by atoms with E-state index in [1.165, 1.54) is 11.8 Å². The van der Waals surface area contributed by atoms with Gasteiger partial charge in [0.25, 0.3) is 0 Å². The second kappa shape index (κ2) is 5.47. The molecule has 0 spiro atoms. The molecule has 0 unspecified atom stereocenters. The minimum absolute atomic E-state index is 0.543. The van der Waals surface area contributed by atoms with E-state index < -0.39 is 0 Å². The minimum atomic E-state index is 0.543. The fraction of sp³-hybridized carbons (Fsp3) is 0.222. The van der Waals surface area contributed by atoms with Crippen molar-refractivity contribution in [3.05, 3.63) is 22.8 Å². The van der Waals surface area contributed by atoms with Crippen LogP contribution < -0.4 is 5.32 Å². The monoisotopic (exact) mass is 272 g/mol. The van der Waals surface area contributed by atoms with Crippen LogP contribution in [0.4, 0.5) is 5.95 Å². The molecule has 0 radical (unpaired) electrons. The topological polar surface area (TPSA) is 50.7 Å². The Balaban J connectivity index is 2.21. The summed E-state index contributed by atoms with van der Waals surface area (Å²) in [4.78, 5) is 12.6. The predicted octanol–water partition coefficient (Wildman–Crippen LogP) is 3.17. The van der Waals surface area contributed by atoms with E-state index in [4.69, 9.17) is 11.6 Å². The second-order valence-electron chi connectivity index (χ2n) is 2.78. The molecule has 4 nitrogen and oxygen atoms in total. The lowest BCUT2D eigenvalue weighted by Gasteiger charge is -2.04. The van der Waals surface area contributed by atoms with Crippen molar-refractivity contribution in [2.24, 2.45) is 0 Å². The largest absolute Gasteiger partial charge is 0.354 e. The Labute approximate surface area is 106 Å². The zero-order chi connectivity index (χ0) is 11.4. The molecule has 0 fully saturated rings. The Kier molecular flexibility index (Phi) is 3.98. The quantitative estimate of drug-likeness (QED) is 0.867. The highest BCUT2D eigenvalue weighted by Crippen LogP contribution is 2.32. The third-order valence-electron chi connectivity index (χ3n) is 1.64. The summed E-state index contributed by atoms with van der Waals surface area (Å²) in [6, 6.07) is 0. The SMILES string of the molecule is CCNc1ncc(Cl)c(Sc2nccs2)n1. The molecule has 0 atom stereocenters. The van der Waals surface area contributed by atoms with Gasteiger partial charge in [0.15, 0.2) is 4.34 Å². The number of thiazole rings is 1. The van der Waals surface area contributed by atoms with Crippen LogP contribution in [0.25, 0.3) is 0 Å². The third kappa shape index (κ3) is 2.84. The standard InChI is InChI=1S/C9H9ClN4S2/c1-2-11-8-13-5-6(10)7(14-8)16-9-12-3-4-15-9/h3-5H,2H2,1H3,(H,11,13,14). The van der Waals surface area contributed by atoms with E-state index in [1.54, 1.807) is 23.7 Å². The number of halogens is 1. The van der Waals surface area contributed by atoms with E-state index in [1.807, 2.05) is 12.3 Å². The van der Waals surface area contributed by atoms with Crippen molar-refractivity contribution in [2.75, 3.05) is 11.9 Å². The van der Waals surface area contributed by atoms with E-state index in [2.05, 4.69) is 20.3 Å². The van der Waals surface area contributed by atoms with Gasteiger partial charge in [-0.1, -0.05) is 11.6 Å². The summed E-state index contributed by atoms with van der Waals surface area (Å²) in [6.45, 7) is 2.77. The van der Waals surface area contributed by atoms with Crippen LogP contribution in [0.15, 0.2) is 27.1 Å². The Morgan fingerprint density at radius 2 is 2.38 bits per heavy atom. The van der Waals surface area contributed by atoms with Gasteiger partial charge in [-0.2, -0.15) is 0 Å². The molecule has 0 aliphatic carbocycles. The van der Waals surface area contributed by atoms with E-state index >= 15 is 0 Å². The number of hydrogen-bond donors (Lipinski definition) is 1. The lowest BCUT2D eigenvalue weighted by molar-refractivity contribution is 1.01. The van der Waals surface area contributed by atoms with Crippen molar-refractivity contribution >= 4 is 40.6 Å². The number of anilines is 1.